The first kappa shape index (κ1) is 20.3. The molecule has 1 amide bonds. The van der Waals surface area contributed by atoms with Gasteiger partial charge in [0, 0.05) is 31.6 Å². The molecular weight excluding hydrogens is 372 g/mol. The second-order valence-electron chi connectivity index (χ2n) is 7.01. The molecule has 6 nitrogen and oxygen atoms in total. The molecule has 1 unspecified atom stereocenters. The normalized spacial score (nSPS) is 17.2. The second-order valence-corrected chi connectivity index (χ2v) is 7.39. The van der Waals surface area contributed by atoms with Gasteiger partial charge in [-0.05, 0) is 62.2 Å². The Balaban J connectivity index is 1.62. The molecule has 2 heterocycles. The number of nitrogens with one attached hydrogen (secondary N) is 1. The van der Waals surface area contributed by atoms with Crippen molar-refractivity contribution < 1.29 is 9.53 Å². The molecule has 1 atom stereocenters. The lowest BCUT2D eigenvalue weighted by Crippen LogP contribution is -2.38. The number of likely N-dealkylation sites (tertiary alicyclic amines) is 1. The number of hydrogen-bond donors (Lipinski definition) is 1. The Hall–Kier alpha value is -2.41. The zero-order chi connectivity index (χ0) is 19.9. The second kappa shape index (κ2) is 9.68. The van der Waals surface area contributed by atoms with E-state index in [1.807, 2.05) is 39.8 Å². The Morgan fingerprint density at radius 2 is 2.14 bits per heavy atom. The molecule has 0 bridgehead atoms. The molecule has 1 aliphatic heterocycles. The molecule has 2 aromatic rings. The summed E-state index contributed by atoms with van der Waals surface area (Å²) in [5.41, 5.74) is 0.984. The third-order valence-corrected chi connectivity index (χ3v) is 5.29. The summed E-state index contributed by atoms with van der Waals surface area (Å²) >= 11 is 5.29. The number of carbonyl (C=O) groups excluding carboxylic acids is 1. The van der Waals surface area contributed by atoms with Gasteiger partial charge in [0.15, 0.2) is 4.77 Å². The molecule has 1 saturated heterocycles. The smallest absolute Gasteiger partial charge is 0.246 e. The van der Waals surface area contributed by atoms with Gasteiger partial charge in [0.25, 0.3) is 0 Å². The molecule has 7 heteroatoms. The highest BCUT2D eigenvalue weighted by atomic mass is 32.1. The summed E-state index contributed by atoms with van der Waals surface area (Å²) < 4.78 is 8.25. The third-order valence-electron chi connectivity index (χ3n) is 4.97. The van der Waals surface area contributed by atoms with Crippen LogP contribution < -0.4 is 4.74 Å². The number of benzene rings is 1. The van der Waals surface area contributed by atoms with Crippen LogP contribution in [0.4, 0.5) is 0 Å². The average Bonchev–Trinajstić information content (AvgIpc) is 3.11. The molecule has 28 heavy (non-hydrogen) atoms. The first-order valence-corrected chi connectivity index (χ1v) is 10.4. The van der Waals surface area contributed by atoms with Crippen molar-refractivity contribution in [2.45, 2.75) is 45.6 Å². The SMILES string of the molecule is CCCOc1ccc(/C=C/C(=O)N2CCCC(c3n[nH]c(=S)n3CC)C2)cc1. The van der Waals surface area contributed by atoms with Gasteiger partial charge in [-0.15, -0.1) is 0 Å². The zero-order valence-corrected chi connectivity index (χ0v) is 17.4. The molecule has 0 spiro atoms. The lowest BCUT2D eigenvalue weighted by atomic mass is 9.97. The fourth-order valence-corrected chi connectivity index (χ4v) is 3.77. The Labute approximate surface area is 171 Å². The minimum Gasteiger partial charge on any atom is -0.494 e. The number of H-pyrrole nitrogens is 1. The van der Waals surface area contributed by atoms with Gasteiger partial charge < -0.3 is 14.2 Å². The number of aromatic nitrogens is 3. The van der Waals surface area contributed by atoms with E-state index in [1.165, 1.54) is 0 Å². The number of piperidine rings is 1. The number of amides is 1. The number of hydrogen-bond acceptors (Lipinski definition) is 4. The molecular formula is C21H28N4O2S. The van der Waals surface area contributed by atoms with Crippen LogP contribution in [-0.2, 0) is 11.3 Å². The third kappa shape index (κ3) is 4.90. The monoisotopic (exact) mass is 400 g/mol. The van der Waals surface area contributed by atoms with Gasteiger partial charge in [0.05, 0.1) is 6.61 Å². The largest absolute Gasteiger partial charge is 0.494 e. The van der Waals surface area contributed by atoms with E-state index in [4.69, 9.17) is 17.0 Å². The predicted molar refractivity (Wildman–Crippen MR) is 113 cm³/mol. The molecule has 0 radical (unpaired) electrons. The molecule has 3 rings (SSSR count). The van der Waals surface area contributed by atoms with E-state index in [9.17, 15) is 4.79 Å². The van der Waals surface area contributed by atoms with Crippen molar-refractivity contribution in [2.75, 3.05) is 19.7 Å². The first-order chi connectivity index (χ1) is 13.6. The van der Waals surface area contributed by atoms with Crippen LogP contribution in [-0.4, -0.2) is 45.3 Å². The topological polar surface area (TPSA) is 63.1 Å². The number of aromatic amines is 1. The summed E-state index contributed by atoms with van der Waals surface area (Å²) in [7, 11) is 0. The lowest BCUT2D eigenvalue weighted by molar-refractivity contribution is -0.127. The Kier molecular flexibility index (Phi) is 7.03. The Morgan fingerprint density at radius 3 is 2.86 bits per heavy atom. The van der Waals surface area contributed by atoms with Gasteiger partial charge in [-0.2, -0.15) is 5.10 Å². The van der Waals surface area contributed by atoms with Crippen molar-refractivity contribution in [2.24, 2.45) is 0 Å². The highest BCUT2D eigenvalue weighted by molar-refractivity contribution is 7.71. The summed E-state index contributed by atoms with van der Waals surface area (Å²) in [6.45, 7) is 7.09. The highest BCUT2D eigenvalue weighted by Gasteiger charge is 2.27. The maximum absolute atomic E-state index is 12.7. The fraction of sp³-hybridized carbons (Fsp3) is 0.476. The number of ether oxygens (including phenoxy) is 1. The standard InChI is InChI=1S/C21H28N4O2S/c1-3-14-27-18-10-7-16(8-11-18)9-12-19(26)24-13-5-6-17(15-24)20-22-23-21(28)25(20)4-2/h7-12,17H,3-6,13-15H2,1-2H3,(H,23,28)/b12-9+. The first-order valence-electron chi connectivity index (χ1n) is 9.97. The average molecular weight is 401 g/mol. The van der Waals surface area contributed by atoms with E-state index in [0.717, 1.165) is 49.5 Å². The Morgan fingerprint density at radius 1 is 1.36 bits per heavy atom. The summed E-state index contributed by atoms with van der Waals surface area (Å²) in [6.07, 6.45) is 6.49. The molecule has 1 aliphatic rings. The minimum atomic E-state index is 0.0354. The summed E-state index contributed by atoms with van der Waals surface area (Å²) in [5.74, 6) is 2.06. The van der Waals surface area contributed by atoms with E-state index in [0.29, 0.717) is 17.9 Å². The number of rotatable bonds is 7. The van der Waals surface area contributed by atoms with E-state index in [-0.39, 0.29) is 11.8 Å². The van der Waals surface area contributed by atoms with Crippen molar-refractivity contribution in [3.05, 3.63) is 46.5 Å². The van der Waals surface area contributed by atoms with Crippen LogP contribution in [0.15, 0.2) is 30.3 Å². The maximum atomic E-state index is 12.7. The van der Waals surface area contributed by atoms with Crippen LogP contribution in [0.5, 0.6) is 5.75 Å². The van der Waals surface area contributed by atoms with Gasteiger partial charge in [-0.25, -0.2) is 0 Å². The molecule has 1 N–H and O–H groups in total. The van der Waals surface area contributed by atoms with Crippen LogP contribution in [0.25, 0.3) is 6.08 Å². The molecule has 1 aromatic carbocycles. The minimum absolute atomic E-state index is 0.0354. The number of nitrogens with zero attached hydrogens (tertiary/aromatic N) is 3. The molecule has 1 aromatic heterocycles. The molecule has 0 saturated carbocycles. The summed E-state index contributed by atoms with van der Waals surface area (Å²) in [5, 5.41) is 7.29. The van der Waals surface area contributed by atoms with Crippen LogP contribution in [0.2, 0.25) is 0 Å². The van der Waals surface area contributed by atoms with E-state index in [2.05, 4.69) is 24.0 Å². The van der Waals surface area contributed by atoms with E-state index < -0.39 is 0 Å². The zero-order valence-electron chi connectivity index (χ0n) is 16.6. The maximum Gasteiger partial charge on any atom is 0.246 e. The van der Waals surface area contributed by atoms with Crippen molar-refractivity contribution in [3.63, 3.8) is 0 Å². The van der Waals surface area contributed by atoms with Gasteiger partial charge in [-0.3, -0.25) is 9.89 Å². The molecule has 1 fully saturated rings. The molecule has 150 valence electrons. The van der Waals surface area contributed by atoms with Crippen LogP contribution >= 0.6 is 12.2 Å². The lowest BCUT2D eigenvalue weighted by Gasteiger charge is -2.31. The predicted octanol–water partition coefficient (Wildman–Crippen LogP) is 4.17. The Bertz CT molecular complexity index is 869. The number of carbonyl (C=O) groups is 1. The van der Waals surface area contributed by atoms with Crippen molar-refractivity contribution in [1.29, 1.82) is 0 Å². The van der Waals surface area contributed by atoms with Crippen LogP contribution in [0, 0.1) is 4.77 Å². The van der Waals surface area contributed by atoms with Gasteiger partial charge in [0.1, 0.15) is 11.6 Å². The summed E-state index contributed by atoms with van der Waals surface area (Å²) in [4.78, 5) is 14.6. The van der Waals surface area contributed by atoms with Crippen LogP contribution in [0.1, 0.15) is 50.4 Å². The van der Waals surface area contributed by atoms with E-state index in [1.54, 1.807) is 6.08 Å². The van der Waals surface area contributed by atoms with Crippen molar-refractivity contribution >= 4 is 24.2 Å². The summed E-state index contributed by atoms with van der Waals surface area (Å²) in [6, 6.07) is 7.80. The van der Waals surface area contributed by atoms with Gasteiger partial charge in [-0.1, -0.05) is 19.1 Å². The molecule has 0 aliphatic carbocycles. The van der Waals surface area contributed by atoms with Gasteiger partial charge >= 0.3 is 0 Å². The van der Waals surface area contributed by atoms with E-state index >= 15 is 0 Å². The quantitative estimate of drug-likeness (QED) is 0.560. The van der Waals surface area contributed by atoms with Gasteiger partial charge in [0.2, 0.25) is 5.91 Å². The van der Waals surface area contributed by atoms with Crippen molar-refractivity contribution in [3.8, 4) is 5.75 Å². The highest BCUT2D eigenvalue weighted by Crippen LogP contribution is 2.26. The van der Waals surface area contributed by atoms with Crippen LogP contribution in [0.3, 0.4) is 0 Å². The fourth-order valence-electron chi connectivity index (χ4n) is 3.50. The van der Waals surface area contributed by atoms with Crippen molar-refractivity contribution in [1.82, 2.24) is 19.7 Å².